The summed E-state index contributed by atoms with van der Waals surface area (Å²) >= 11 is 1.37. The van der Waals surface area contributed by atoms with E-state index >= 15 is 0 Å². The number of hydrogen-bond acceptors (Lipinski definition) is 4. The Balaban J connectivity index is 1.84. The van der Waals surface area contributed by atoms with Crippen molar-refractivity contribution in [2.75, 3.05) is 0 Å². The fourth-order valence-corrected chi connectivity index (χ4v) is 4.11. The molecule has 0 aliphatic carbocycles. The highest BCUT2D eigenvalue weighted by Gasteiger charge is 2.19. The van der Waals surface area contributed by atoms with Crippen molar-refractivity contribution in [2.45, 2.75) is 0 Å². The van der Waals surface area contributed by atoms with Gasteiger partial charge in [0.25, 0.3) is 5.56 Å². The minimum absolute atomic E-state index is 0.0834. The van der Waals surface area contributed by atoms with E-state index in [-0.39, 0.29) is 5.56 Å². The molecule has 0 spiro atoms. The first kappa shape index (κ1) is 15.8. The summed E-state index contributed by atoms with van der Waals surface area (Å²) in [7, 11) is 0. The number of thiazole rings is 1. The molecule has 4 nitrogen and oxygen atoms in total. The Morgan fingerprint density at radius 2 is 1.59 bits per heavy atom. The summed E-state index contributed by atoms with van der Waals surface area (Å²) in [5.74, 6) is 0.654. The lowest BCUT2D eigenvalue weighted by molar-refractivity contribution is 0.556. The van der Waals surface area contributed by atoms with E-state index in [0.717, 1.165) is 22.5 Å². The molecule has 130 valence electrons. The molecule has 0 aliphatic heterocycles. The maximum atomic E-state index is 13.2. The van der Waals surface area contributed by atoms with Crippen LogP contribution in [0.4, 0.5) is 0 Å². The van der Waals surface area contributed by atoms with Gasteiger partial charge in [-0.05, 0) is 12.1 Å². The van der Waals surface area contributed by atoms with Crippen LogP contribution in [0.15, 0.2) is 88.3 Å². The number of rotatable bonds is 3. The lowest BCUT2D eigenvalue weighted by Crippen LogP contribution is -2.23. The Bertz CT molecular complexity index is 1320. The van der Waals surface area contributed by atoms with Gasteiger partial charge < -0.3 is 4.42 Å². The van der Waals surface area contributed by atoms with Gasteiger partial charge in [-0.1, -0.05) is 72.0 Å². The van der Waals surface area contributed by atoms with E-state index in [1.807, 2.05) is 66.7 Å². The van der Waals surface area contributed by atoms with Gasteiger partial charge in [0.1, 0.15) is 10.3 Å². The number of nitrogens with zero attached hydrogens (tertiary/aromatic N) is 2. The average molecular weight is 370 g/mol. The van der Waals surface area contributed by atoms with Crippen LogP contribution >= 0.6 is 11.3 Å². The minimum Gasteiger partial charge on any atom is -0.465 e. The van der Waals surface area contributed by atoms with E-state index in [0.29, 0.717) is 15.3 Å². The predicted molar refractivity (Wildman–Crippen MR) is 108 cm³/mol. The molecule has 5 aromatic rings. The second-order valence-corrected chi connectivity index (χ2v) is 7.10. The fourth-order valence-electron chi connectivity index (χ4n) is 3.16. The molecule has 3 heterocycles. The van der Waals surface area contributed by atoms with Gasteiger partial charge in [-0.2, -0.15) is 0 Å². The van der Waals surface area contributed by atoms with Crippen molar-refractivity contribution in [1.29, 1.82) is 0 Å². The van der Waals surface area contributed by atoms with Gasteiger partial charge >= 0.3 is 0 Å². The maximum Gasteiger partial charge on any atom is 0.275 e. The molecule has 5 heteroatoms. The zero-order valence-corrected chi connectivity index (χ0v) is 15.0. The Morgan fingerprint density at radius 3 is 2.26 bits per heavy atom. The first-order valence-corrected chi connectivity index (χ1v) is 9.34. The van der Waals surface area contributed by atoms with Crippen LogP contribution in [0.25, 0.3) is 33.6 Å². The van der Waals surface area contributed by atoms with Crippen molar-refractivity contribution in [3.63, 3.8) is 0 Å². The molecule has 0 radical (unpaired) electrons. The highest BCUT2D eigenvalue weighted by molar-refractivity contribution is 7.15. The summed E-state index contributed by atoms with van der Waals surface area (Å²) in [5, 5.41) is 0. The van der Waals surface area contributed by atoms with Crippen LogP contribution in [0, 0.1) is 0 Å². The molecule has 0 unspecified atom stereocenters. The summed E-state index contributed by atoms with van der Waals surface area (Å²) in [6.45, 7) is 0. The zero-order chi connectivity index (χ0) is 18.2. The summed E-state index contributed by atoms with van der Waals surface area (Å²) in [5.41, 5.74) is 3.50. The molecular formula is C22H14N2O2S. The molecule has 0 atom stereocenters. The van der Waals surface area contributed by atoms with E-state index in [9.17, 15) is 4.79 Å². The minimum atomic E-state index is -0.0834. The Morgan fingerprint density at radius 1 is 0.889 bits per heavy atom. The number of benzene rings is 2. The van der Waals surface area contributed by atoms with E-state index in [1.165, 1.54) is 11.3 Å². The van der Waals surface area contributed by atoms with Crippen LogP contribution in [0.3, 0.4) is 0 Å². The van der Waals surface area contributed by atoms with Crippen molar-refractivity contribution in [3.8, 4) is 22.5 Å². The van der Waals surface area contributed by atoms with Gasteiger partial charge in [-0.3, -0.25) is 4.79 Å². The summed E-state index contributed by atoms with van der Waals surface area (Å²) in [4.78, 5) is 18.6. The van der Waals surface area contributed by atoms with E-state index in [2.05, 4.69) is 0 Å². The Kier molecular flexibility index (Phi) is 3.73. The number of imidazole rings is 1. The van der Waals surface area contributed by atoms with Crippen LogP contribution in [0.2, 0.25) is 0 Å². The smallest absolute Gasteiger partial charge is 0.275 e. The van der Waals surface area contributed by atoms with Crippen molar-refractivity contribution >= 4 is 22.4 Å². The quantitative estimate of drug-likeness (QED) is 0.477. The van der Waals surface area contributed by atoms with Gasteiger partial charge in [0, 0.05) is 17.2 Å². The van der Waals surface area contributed by atoms with Crippen LogP contribution in [-0.4, -0.2) is 9.38 Å². The molecule has 27 heavy (non-hydrogen) atoms. The molecule has 3 aromatic heterocycles. The fraction of sp³-hybridized carbons (Fsp3) is 0. The Labute approximate surface area is 158 Å². The molecule has 2 aromatic carbocycles. The zero-order valence-electron chi connectivity index (χ0n) is 14.2. The van der Waals surface area contributed by atoms with E-state index in [1.54, 1.807) is 22.8 Å². The number of furan rings is 1. The molecule has 0 N–H and O–H groups in total. The van der Waals surface area contributed by atoms with Gasteiger partial charge in [0.05, 0.1) is 17.7 Å². The summed E-state index contributed by atoms with van der Waals surface area (Å²) in [6.07, 6.45) is 3.36. The van der Waals surface area contributed by atoms with Gasteiger partial charge in [-0.25, -0.2) is 9.38 Å². The van der Waals surface area contributed by atoms with Crippen LogP contribution < -0.4 is 10.1 Å². The normalized spacial score (nSPS) is 12.1. The van der Waals surface area contributed by atoms with Crippen molar-refractivity contribution in [2.24, 2.45) is 0 Å². The largest absolute Gasteiger partial charge is 0.465 e. The first-order chi connectivity index (χ1) is 13.3. The Hall–Kier alpha value is -3.44. The molecule has 0 bridgehead atoms. The topological polar surface area (TPSA) is 47.5 Å². The molecule has 0 amide bonds. The highest BCUT2D eigenvalue weighted by Crippen LogP contribution is 2.32. The summed E-state index contributed by atoms with van der Waals surface area (Å²) in [6, 6.07) is 23.5. The third-order valence-corrected chi connectivity index (χ3v) is 5.34. The standard InChI is InChI=1S/C22H14N2O2S/c25-21-18(14-17-12-7-13-26-17)27-22-23-19(15-8-3-1-4-9-15)20(24(21)22)16-10-5-2-6-11-16/h1-14H/b18-14+. The molecule has 0 saturated heterocycles. The second kappa shape index (κ2) is 6.37. The molecule has 5 rings (SSSR count). The van der Waals surface area contributed by atoms with E-state index in [4.69, 9.17) is 9.40 Å². The highest BCUT2D eigenvalue weighted by atomic mass is 32.1. The first-order valence-electron chi connectivity index (χ1n) is 8.52. The number of hydrogen-bond donors (Lipinski definition) is 0. The van der Waals surface area contributed by atoms with Crippen molar-refractivity contribution < 1.29 is 4.42 Å². The monoisotopic (exact) mass is 370 g/mol. The third-order valence-electron chi connectivity index (χ3n) is 4.37. The van der Waals surface area contributed by atoms with Crippen molar-refractivity contribution in [3.05, 3.63) is 99.7 Å². The summed E-state index contributed by atoms with van der Waals surface area (Å²) < 4.78 is 7.66. The predicted octanol–water partition coefficient (Wildman–Crippen LogP) is 4.23. The lowest BCUT2D eigenvalue weighted by Gasteiger charge is -2.04. The number of fused-ring (bicyclic) bond motifs is 1. The lowest BCUT2D eigenvalue weighted by atomic mass is 10.1. The van der Waals surface area contributed by atoms with Gasteiger partial charge in [0.15, 0.2) is 4.96 Å². The molecular weight excluding hydrogens is 356 g/mol. The van der Waals surface area contributed by atoms with Gasteiger partial charge in [-0.15, -0.1) is 0 Å². The molecule has 0 saturated carbocycles. The SMILES string of the molecule is O=c1/c(=C\c2ccco2)sc2nc(-c3ccccc3)c(-c3ccccc3)n12. The average Bonchev–Trinajstić information content (AvgIpc) is 3.42. The van der Waals surface area contributed by atoms with Crippen LogP contribution in [0.5, 0.6) is 0 Å². The third kappa shape index (κ3) is 2.69. The second-order valence-electron chi connectivity index (χ2n) is 6.09. The van der Waals surface area contributed by atoms with Crippen molar-refractivity contribution in [1.82, 2.24) is 9.38 Å². The molecule has 0 aliphatic rings. The van der Waals surface area contributed by atoms with Crippen LogP contribution in [-0.2, 0) is 0 Å². The maximum absolute atomic E-state index is 13.2. The van der Waals surface area contributed by atoms with E-state index < -0.39 is 0 Å². The van der Waals surface area contributed by atoms with Gasteiger partial charge in [0.2, 0.25) is 0 Å². The van der Waals surface area contributed by atoms with Crippen LogP contribution in [0.1, 0.15) is 5.76 Å². The molecule has 0 fully saturated rings. The number of aromatic nitrogens is 2.